The number of amides is 1. The van der Waals surface area contributed by atoms with E-state index in [2.05, 4.69) is 12.1 Å². The summed E-state index contributed by atoms with van der Waals surface area (Å²) in [7, 11) is 0. The van der Waals surface area contributed by atoms with Gasteiger partial charge in [0.05, 0.1) is 6.10 Å². The first-order valence-corrected chi connectivity index (χ1v) is 7.53. The zero-order valence-corrected chi connectivity index (χ0v) is 13.1. The Kier molecular flexibility index (Phi) is 4.88. The van der Waals surface area contributed by atoms with Crippen LogP contribution in [-0.4, -0.2) is 40.9 Å². The maximum Gasteiger partial charge on any atom is 0.410 e. The van der Waals surface area contributed by atoms with Crippen molar-refractivity contribution < 1.29 is 14.6 Å². The number of hydrogen-bond donors (Lipinski definition) is 1. The van der Waals surface area contributed by atoms with E-state index in [1.165, 1.54) is 5.56 Å². The van der Waals surface area contributed by atoms with Crippen LogP contribution >= 0.6 is 0 Å². The van der Waals surface area contributed by atoms with Gasteiger partial charge in [-0.05, 0) is 45.1 Å². The number of β-amino-alcohol motifs (C(OH)–C–C–N with tert-alkyl or cyclic N) is 1. The molecule has 1 saturated heterocycles. The fourth-order valence-electron chi connectivity index (χ4n) is 2.75. The first-order chi connectivity index (χ1) is 9.83. The van der Waals surface area contributed by atoms with Crippen LogP contribution in [-0.2, 0) is 11.2 Å². The lowest BCUT2D eigenvalue weighted by molar-refractivity contribution is -0.00728. The van der Waals surface area contributed by atoms with Gasteiger partial charge in [-0.1, -0.05) is 30.3 Å². The number of carbonyl (C=O) groups is 1. The summed E-state index contributed by atoms with van der Waals surface area (Å²) in [4.78, 5) is 13.8. The van der Waals surface area contributed by atoms with Crippen molar-refractivity contribution in [2.24, 2.45) is 5.92 Å². The second-order valence-electron chi connectivity index (χ2n) is 6.83. The smallest absolute Gasteiger partial charge is 0.410 e. The van der Waals surface area contributed by atoms with Gasteiger partial charge in [0, 0.05) is 13.1 Å². The van der Waals surface area contributed by atoms with Gasteiger partial charge in [0.2, 0.25) is 0 Å². The van der Waals surface area contributed by atoms with Gasteiger partial charge in [-0.3, -0.25) is 0 Å². The van der Waals surface area contributed by atoms with Gasteiger partial charge in [-0.15, -0.1) is 0 Å². The average molecular weight is 291 g/mol. The molecule has 0 aliphatic carbocycles. The number of piperidine rings is 1. The minimum atomic E-state index is -0.506. The predicted molar refractivity (Wildman–Crippen MR) is 82.1 cm³/mol. The minimum Gasteiger partial charge on any atom is -0.444 e. The maximum absolute atomic E-state index is 12.1. The normalized spacial score (nSPS) is 23.0. The third kappa shape index (κ3) is 5.05. The van der Waals surface area contributed by atoms with Crippen LogP contribution in [0.5, 0.6) is 0 Å². The number of carbonyl (C=O) groups excluding carboxylic acids is 1. The Morgan fingerprint density at radius 2 is 1.95 bits per heavy atom. The van der Waals surface area contributed by atoms with E-state index < -0.39 is 11.7 Å². The number of aliphatic hydroxyl groups excluding tert-OH is 1. The van der Waals surface area contributed by atoms with Crippen molar-refractivity contribution >= 4 is 6.09 Å². The van der Waals surface area contributed by atoms with Crippen LogP contribution in [0.4, 0.5) is 4.79 Å². The molecule has 0 spiro atoms. The van der Waals surface area contributed by atoms with Crippen molar-refractivity contribution in [3.63, 3.8) is 0 Å². The van der Waals surface area contributed by atoms with E-state index in [9.17, 15) is 9.90 Å². The molecule has 2 rings (SSSR count). The topological polar surface area (TPSA) is 49.8 Å². The molecule has 2 atom stereocenters. The molecular weight excluding hydrogens is 266 g/mol. The SMILES string of the molecule is CC(C)(C)OC(=O)N1CC(O)CC(Cc2ccccc2)C1. The number of likely N-dealkylation sites (tertiary alicyclic amines) is 1. The molecule has 0 saturated carbocycles. The number of aliphatic hydroxyl groups is 1. The predicted octanol–water partition coefficient (Wildman–Crippen LogP) is 2.85. The van der Waals surface area contributed by atoms with Crippen molar-refractivity contribution in [1.82, 2.24) is 4.90 Å². The monoisotopic (exact) mass is 291 g/mol. The highest BCUT2D eigenvalue weighted by molar-refractivity contribution is 5.68. The van der Waals surface area contributed by atoms with Gasteiger partial charge in [-0.25, -0.2) is 4.79 Å². The van der Waals surface area contributed by atoms with Crippen molar-refractivity contribution in [2.75, 3.05) is 13.1 Å². The molecule has 1 heterocycles. The number of ether oxygens (including phenoxy) is 1. The second-order valence-corrected chi connectivity index (χ2v) is 6.83. The molecule has 1 aliphatic rings. The molecule has 2 unspecified atom stereocenters. The van der Waals surface area contributed by atoms with Gasteiger partial charge in [0.1, 0.15) is 5.60 Å². The van der Waals surface area contributed by atoms with Crippen LogP contribution in [0.25, 0.3) is 0 Å². The molecule has 1 N–H and O–H groups in total. The summed E-state index contributed by atoms with van der Waals surface area (Å²) in [5.74, 6) is 0.267. The summed E-state index contributed by atoms with van der Waals surface area (Å²) < 4.78 is 5.40. The standard InChI is InChI=1S/C17H25NO3/c1-17(2,3)21-16(20)18-11-14(10-15(19)12-18)9-13-7-5-4-6-8-13/h4-8,14-15,19H,9-12H2,1-3H3. The molecule has 0 aromatic heterocycles. The van der Waals surface area contributed by atoms with Crippen LogP contribution in [0.15, 0.2) is 30.3 Å². The summed E-state index contributed by atoms with van der Waals surface area (Å²) in [6, 6.07) is 10.2. The van der Waals surface area contributed by atoms with E-state index in [1.807, 2.05) is 39.0 Å². The fraction of sp³-hybridized carbons (Fsp3) is 0.588. The summed E-state index contributed by atoms with van der Waals surface area (Å²) in [6.45, 7) is 6.56. The van der Waals surface area contributed by atoms with Crippen LogP contribution in [0.2, 0.25) is 0 Å². The molecule has 1 aliphatic heterocycles. The number of rotatable bonds is 2. The van der Waals surface area contributed by atoms with Crippen molar-refractivity contribution in [1.29, 1.82) is 0 Å². The average Bonchev–Trinajstić information content (AvgIpc) is 2.37. The summed E-state index contributed by atoms with van der Waals surface area (Å²) in [5, 5.41) is 10.0. The molecule has 1 aromatic rings. The summed E-state index contributed by atoms with van der Waals surface area (Å²) >= 11 is 0. The summed E-state index contributed by atoms with van der Waals surface area (Å²) in [6.07, 6.45) is 0.796. The highest BCUT2D eigenvalue weighted by Gasteiger charge is 2.31. The van der Waals surface area contributed by atoms with Crippen LogP contribution in [0.3, 0.4) is 0 Å². The van der Waals surface area contributed by atoms with Gasteiger partial charge < -0.3 is 14.7 Å². The third-order valence-corrected chi connectivity index (χ3v) is 3.53. The van der Waals surface area contributed by atoms with Crippen molar-refractivity contribution in [2.45, 2.75) is 45.3 Å². The third-order valence-electron chi connectivity index (χ3n) is 3.53. The molecule has 21 heavy (non-hydrogen) atoms. The Balaban J connectivity index is 1.97. The van der Waals surface area contributed by atoms with Crippen LogP contribution in [0, 0.1) is 5.92 Å². The highest BCUT2D eigenvalue weighted by Crippen LogP contribution is 2.23. The highest BCUT2D eigenvalue weighted by atomic mass is 16.6. The molecule has 1 fully saturated rings. The molecule has 1 amide bonds. The minimum absolute atomic E-state index is 0.267. The second kappa shape index (κ2) is 6.48. The van der Waals surface area contributed by atoms with Gasteiger partial charge in [0.15, 0.2) is 0 Å². The Morgan fingerprint density at radius 3 is 2.57 bits per heavy atom. The Bertz CT molecular complexity index is 467. The van der Waals surface area contributed by atoms with E-state index in [1.54, 1.807) is 4.90 Å². The lowest BCUT2D eigenvalue weighted by atomic mass is 9.90. The number of benzene rings is 1. The molecule has 4 heteroatoms. The Morgan fingerprint density at radius 1 is 1.29 bits per heavy atom. The van der Waals surface area contributed by atoms with Gasteiger partial charge >= 0.3 is 6.09 Å². The van der Waals surface area contributed by atoms with Crippen molar-refractivity contribution in [3.8, 4) is 0 Å². The number of nitrogens with zero attached hydrogens (tertiary/aromatic N) is 1. The molecular formula is C17H25NO3. The van der Waals surface area contributed by atoms with Crippen molar-refractivity contribution in [3.05, 3.63) is 35.9 Å². The number of hydrogen-bond acceptors (Lipinski definition) is 3. The zero-order chi connectivity index (χ0) is 15.5. The van der Waals surface area contributed by atoms with E-state index >= 15 is 0 Å². The quantitative estimate of drug-likeness (QED) is 0.911. The fourth-order valence-corrected chi connectivity index (χ4v) is 2.75. The van der Waals surface area contributed by atoms with E-state index in [0.29, 0.717) is 13.1 Å². The van der Waals surface area contributed by atoms with E-state index in [4.69, 9.17) is 4.74 Å². The first-order valence-electron chi connectivity index (χ1n) is 7.53. The Hall–Kier alpha value is -1.55. The Labute approximate surface area is 126 Å². The molecule has 4 nitrogen and oxygen atoms in total. The van der Waals surface area contributed by atoms with Gasteiger partial charge in [0.25, 0.3) is 0 Å². The molecule has 0 radical (unpaired) electrons. The summed E-state index contributed by atoms with van der Waals surface area (Å²) in [5.41, 5.74) is 0.731. The lowest BCUT2D eigenvalue weighted by Crippen LogP contribution is -2.48. The maximum atomic E-state index is 12.1. The van der Waals surface area contributed by atoms with Crippen LogP contribution < -0.4 is 0 Å². The van der Waals surface area contributed by atoms with E-state index in [-0.39, 0.29) is 12.0 Å². The lowest BCUT2D eigenvalue weighted by Gasteiger charge is -2.36. The molecule has 0 bridgehead atoms. The molecule has 1 aromatic carbocycles. The largest absolute Gasteiger partial charge is 0.444 e. The van der Waals surface area contributed by atoms with Gasteiger partial charge in [-0.2, -0.15) is 0 Å². The van der Waals surface area contributed by atoms with E-state index in [0.717, 1.165) is 12.8 Å². The first kappa shape index (κ1) is 15.8. The van der Waals surface area contributed by atoms with Crippen LogP contribution in [0.1, 0.15) is 32.8 Å². The molecule has 116 valence electrons. The zero-order valence-electron chi connectivity index (χ0n) is 13.1.